The number of nitrogens with one attached hydrogen (secondary N) is 2. The third kappa shape index (κ3) is 6.66. The molecule has 1 atom stereocenters. The Kier molecular flexibility index (Phi) is 8.39. The summed E-state index contributed by atoms with van der Waals surface area (Å²) < 4.78 is 17.2. The standard InChI is InChI=1S/C24H33N3O3/c1-4-29-21-7-5-6-19(15-21)10-12-26-24(25-3)27-16-20-9-8-18(2)14-23(20)30-22-11-13-28-17-22/h5-9,14-15,22H,4,10-13,16-17H2,1-3H3,(H2,25,26,27). The van der Waals surface area contributed by atoms with Gasteiger partial charge in [0, 0.05) is 32.1 Å². The smallest absolute Gasteiger partial charge is 0.191 e. The molecule has 1 aliphatic rings. The van der Waals surface area contributed by atoms with Crippen molar-refractivity contribution in [2.45, 2.75) is 39.3 Å². The summed E-state index contributed by atoms with van der Waals surface area (Å²) in [6, 6.07) is 14.5. The van der Waals surface area contributed by atoms with Gasteiger partial charge < -0.3 is 24.8 Å². The quantitative estimate of drug-likeness (QED) is 0.489. The maximum Gasteiger partial charge on any atom is 0.191 e. The van der Waals surface area contributed by atoms with E-state index in [1.165, 1.54) is 11.1 Å². The van der Waals surface area contributed by atoms with Crippen LogP contribution in [0.3, 0.4) is 0 Å². The number of aryl methyl sites for hydroxylation is 1. The molecule has 2 aromatic rings. The lowest BCUT2D eigenvalue weighted by molar-refractivity contribution is 0.140. The summed E-state index contributed by atoms with van der Waals surface area (Å²) in [6.07, 6.45) is 1.96. The van der Waals surface area contributed by atoms with Gasteiger partial charge in [-0.3, -0.25) is 4.99 Å². The van der Waals surface area contributed by atoms with E-state index in [1.807, 2.05) is 19.1 Å². The Bertz CT molecular complexity index is 832. The molecule has 0 bridgehead atoms. The van der Waals surface area contributed by atoms with Crippen LogP contribution in [0.25, 0.3) is 0 Å². The topological polar surface area (TPSA) is 64.1 Å². The highest BCUT2D eigenvalue weighted by atomic mass is 16.5. The molecule has 162 valence electrons. The predicted octanol–water partition coefficient (Wildman–Crippen LogP) is 3.47. The molecule has 0 amide bonds. The van der Waals surface area contributed by atoms with E-state index in [1.54, 1.807) is 7.05 Å². The molecule has 2 N–H and O–H groups in total. The van der Waals surface area contributed by atoms with E-state index in [4.69, 9.17) is 14.2 Å². The number of aliphatic imine (C=N–C) groups is 1. The lowest BCUT2D eigenvalue weighted by atomic mass is 10.1. The van der Waals surface area contributed by atoms with Crippen molar-refractivity contribution >= 4 is 5.96 Å². The Morgan fingerprint density at radius 1 is 1.20 bits per heavy atom. The van der Waals surface area contributed by atoms with E-state index in [2.05, 4.69) is 52.9 Å². The highest BCUT2D eigenvalue weighted by molar-refractivity contribution is 5.79. The Labute approximate surface area is 179 Å². The lowest BCUT2D eigenvalue weighted by Gasteiger charge is -2.18. The van der Waals surface area contributed by atoms with Crippen LogP contribution in [0.4, 0.5) is 0 Å². The average molecular weight is 412 g/mol. The molecule has 2 aromatic carbocycles. The van der Waals surface area contributed by atoms with E-state index >= 15 is 0 Å². The van der Waals surface area contributed by atoms with Crippen molar-refractivity contribution in [3.8, 4) is 11.5 Å². The third-order valence-corrected chi connectivity index (χ3v) is 4.99. The van der Waals surface area contributed by atoms with Gasteiger partial charge in [0.25, 0.3) is 0 Å². The fourth-order valence-electron chi connectivity index (χ4n) is 3.39. The van der Waals surface area contributed by atoms with Crippen LogP contribution in [0.1, 0.15) is 30.0 Å². The number of rotatable bonds is 9. The molecule has 6 nitrogen and oxygen atoms in total. The third-order valence-electron chi connectivity index (χ3n) is 4.99. The second-order valence-electron chi connectivity index (χ2n) is 7.40. The van der Waals surface area contributed by atoms with Crippen molar-refractivity contribution in [3.05, 3.63) is 59.2 Å². The van der Waals surface area contributed by atoms with E-state index in [9.17, 15) is 0 Å². The zero-order chi connectivity index (χ0) is 21.2. The average Bonchev–Trinajstić information content (AvgIpc) is 3.25. The first-order chi connectivity index (χ1) is 14.7. The minimum atomic E-state index is 0.135. The second kappa shape index (κ2) is 11.5. The molecule has 1 saturated heterocycles. The number of guanidine groups is 1. The first kappa shape index (κ1) is 22.0. The van der Waals surface area contributed by atoms with Crippen molar-refractivity contribution in [3.63, 3.8) is 0 Å². The van der Waals surface area contributed by atoms with Gasteiger partial charge in [-0.2, -0.15) is 0 Å². The monoisotopic (exact) mass is 411 g/mol. The molecule has 1 unspecified atom stereocenters. The molecule has 3 rings (SSSR count). The van der Waals surface area contributed by atoms with Crippen molar-refractivity contribution in [1.82, 2.24) is 10.6 Å². The predicted molar refractivity (Wildman–Crippen MR) is 121 cm³/mol. The zero-order valence-electron chi connectivity index (χ0n) is 18.2. The Morgan fingerprint density at radius 2 is 2.10 bits per heavy atom. The van der Waals surface area contributed by atoms with Crippen molar-refractivity contribution < 1.29 is 14.2 Å². The maximum absolute atomic E-state index is 6.19. The summed E-state index contributed by atoms with van der Waals surface area (Å²) in [5.41, 5.74) is 3.53. The van der Waals surface area contributed by atoms with Crippen LogP contribution >= 0.6 is 0 Å². The minimum absolute atomic E-state index is 0.135. The van der Waals surface area contributed by atoms with Gasteiger partial charge in [0.1, 0.15) is 17.6 Å². The molecule has 0 saturated carbocycles. The van der Waals surface area contributed by atoms with Gasteiger partial charge in [0.2, 0.25) is 0 Å². The number of hydrogen-bond acceptors (Lipinski definition) is 4. The van der Waals surface area contributed by atoms with Gasteiger partial charge in [0.05, 0.1) is 19.8 Å². The molecule has 30 heavy (non-hydrogen) atoms. The molecule has 0 aliphatic carbocycles. The van der Waals surface area contributed by atoms with Crippen LogP contribution in [0.5, 0.6) is 11.5 Å². The molecule has 1 aliphatic heterocycles. The largest absolute Gasteiger partial charge is 0.494 e. The summed E-state index contributed by atoms with van der Waals surface area (Å²) >= 11 is 0. The van der Waals surface area contributed by atoms with E-state index in [0.29, 0.717) is 19.8 Å². The molecular formula is C24H33N3O3. The molecule has 1 fully saturated rings. The summed E-state index contributed by atoms with van der Waals surface area (Å²) in [6.45, 7) is 7.61. The SMILES string of the molecule is CCOc1cccc(CCNC(=NC)NCc2ccc(C)cc2OC2CCOC2)c1. The fourth-order valence-corrected chi connectivity index (χ4v) is 3.39. The first-order valence-electron chi connectivity index (χ1n) is 10.7. The van der Waals surface area contributed by atoms with E-state index in [0.717, 1.165) is 49.0 Å². The van der Waals surface area contributed by atoms with Gasteiger partial charge >= 0.3 is 0 Å². The van der Waals surface area contributed by atoms with Gasteiger partial charge in [0.15, 0.2) is 5.96 Å². The normalized spacial score (nSPS) is 16.4. The van der Waals surface area contributed by atoms with Gasteiger partial charge in [-0.15, -0.1) is 0 Å². The van der Waals surface area contributed by atoms with Crippen LogP contribution < -0.4 is 20.1 Å². The number of benzene rings is 2. The second-order valence-corrected chi connectivity index (χ2v) is 7.40. The Hall–Kier alpha value is -2.73. The summed E-state index contributed by atoms with van der Waals surface area (Å²) in [4.78, 5) is 4.34. The number of hydrogen-bond donors (Lipinski definition) is 2. The maximum atomic E-state index is 6.19. The number of nitrogens with zero attached hydrogens (tertiary/aromatic N) is 1. The molecule has 1 heterocycles. The first-order valence-corrected chi connectivity index (χ1v) is 10.7. The summed E-state index contributed by atoms with van der Waals surface area (Å²) in [5.74, 6) is 2.60. The van der Waals surface area contributed by atoms with Crippen molar-refractivity contribution in [2.75, 3.05) is 33.4 Å². The highest BCUT2D eigenvalue weighted by Gasteiger charge is 2.18. The molecular weight excluding hydrogens is 378 g/mol. The molecule has 0 spiro atoms. The fraction of sp³-hybridized carbons (Fsp3) is 0.458. The van der Waals surface area contributed by atoms with Gasteiger partial charge in [-0.1, -0.05) is 24.3 Å². The van der Waals surface area contributed by atoms with Crippen molar-refractivity contribution in [1.29, 1.82) is 0 Å². The molecule has 0 aromatic heterocycles. The van der Waals surface area contributed by atoms with Gasteiger partial charge in [-0.25, -0.2) is 0 Å². The van der Waals surface area contributed by atoms with Crippen LogP contribution in [-0.2, 0) is 17.7 Å². The Balaban J connectivity index is 1.51. The van der Waals surface area contributed by atoms with Gasteiger partial charge in [-0.05, 0) is 49.6 Å². The van der Waals surface area contributed by atoms with Crippen LogP contribution in [0, 0.1) is 6.92 Å². The summed E-state index contributed by atoms with van der Waals surface area (Å²) in [5, 5.41) is 6.77. The zero-order valence-corrected chi connectivity index (χ0v) is 18.2. The van der Waals surface area contributed by atoms with Crippen LogP contribution in [0.15, 0.2) is 47.5 Å². The minimum Gasteiger partial charge on any atom is -0.494 e. The molecule has 6 heteroatoms. The van der Waals surface area contributed by atoms with E-state index in [-0.39, 0.29) is 6.10 Å². The number of ether oxygens (including phenoxy) is 3. The Morgan fingerprint density at radius 3 is 2.87 bits per heavy atom. The van der Waals surface area contributed by atoms with Crippen LogP contribution in [0.2, 0.25) is 0 Å². The van der Waals surface area contributed by atoms with Crippen molar-refractivity contribution in [2.24, 2.45) is 4.99 Å². The van der Waals surface area contributed by atoms with E-state index < -0.39 is 0 Å². The van der Waals surface area contributed by atoms with Crippen LogP contribution in [-0.4, -0.2) is 45.5 Å². The summed E-state index contributed by atoms with van der Waals surface area (Å²) in [7, 11) is 1.79. The molecule has 0 radical (unpaired) electrons. The lowest BCUT2D eigenvalue weighted by Crippen LogP contribution is -2.38. The highest BCUT2D eigenvalue weighted by Crippen LogP contribution is 2.23.